The van der Waals surface area contributed by atoms with E-state index in [0.717, 1.165) is 54.5 Å². The average Bonchev–Trinajstić information content (AvgIpc) is 2.99. The Kier molecular flexibility index (Phi) is 3.37. The molecule has 1 saturated heterocycles. The summed E-state index contributed by atoms with van der Waals surface area (Å²) in [5, 5.41) is 5.36. The molecule has 1 aromatic carbocycles. The van der Waals surface area contributed by atoms with Crippen LogP contribution in [0.15, 0.2) is 35.1 Å². The lowest BCUT2D eigenvalue weighted by Crippen LogP contribution is -2.47. The zero-order valence-electron chi connectivity index (χ0n) is 13.4. The van der Waals surface area contributed by atoms with Crippen LogP contribution in [-0.2, 0) is 0 Å². The highest BCUT2D eigenvalue weighted by atomic mass is 16.5. The molecule has 6 nitrogen and oxygen atoms in total. The number of rotatable bonds is 2. The van der Waals surface area contributed by atoms with Crippen LogP contribution in [-0.4, -0.2) is 41.3 Å². The number of anilines is 2. The number of nitrogens with zero attached hydrogens (tertiary/aromatic N) is 5. The Balaban J connectivity index is 1.51. The quantitative estimate of drug-likeness (QED) is 0.725. The summed E-state index contributed by atoms with van der Waals surface area (Å²) in [7, 11) is 0. The fourth-order valence-electron chi connectivity index (χ4n) is 2.96. The smallest absolute Gasteiger partial charge is 0.180 e. The largest absolute Gasteiger partial charge is 0.354 e. The second-order valence-electron chi connectivity index (χ2n) is 6.00. The molecular weight excluding hydrogens is 290 g/mol. The molecular formula is C17H19N5O. The van der Waals surface area contributed by atoms with Gasteiger partial charge in [0.2, 0.25) is 0 Å². The molecule has 3 aromatic rings. The predicted octanol–water partition coefficient (Wildman–Crippen LogP) is 2.56. The van der Waals surface area contributed by atoms with Crippen LogP contribution in [0.5, 0.6) is 0 Å². The molecule has 3 heterocycles. The number of hydrogen-bond donors (Lipinski definition) is 0. The van der Waals surface area contributed by atoms with Gasteiger partial charge in [0.25, 0.3) is 0 Å². The molecule has 1 aliphatic rings. The van der Waals surface area contributed by atoms with E-state index < -0.39 is 0 Å². The van der Waals surface area contributed by atoms with Gasteiger partial charge in [-0.3, -0.25) is 4.98 Å². The molecule has 4 rings (SSSR count). The van der Waals surface area contributed by atoms with E-state index >= 15 is 0 Å². The van der Waals surface area contributed by atoms with Crippen molar-refractivity contribution in [2.24, 2.45) is 0 Å². The predicted molar refractivity (Wildman–Crippen MR) is 89.9 cm³/mol. The number of fused-ring (bicyclic) bond motifs is 1. The highest BCUT2D eigenvalue weighted by Crippen LogP contribution is 2.28. The van der Waals surface area contributed by atoms with Crippen molar-refractivity contribution >= 4 is 22.6 Å². The van der Waals surface area contributed by atoms with Crippen molar-refractivity contribution in [3.63, 3.8) is 0 Å². The summed E-state index contributed by atoms with van der Waals surface area (Å²) in [5.41, 5.74) is 2.98. The van der Waals surface area contributed by atoms with Crippen LogP contribution in [0.1, 0.15) is 11.3 Å². The maximum Gasteiger partial charge on any atom is 0.180 e. The van der Waals surface area contributed by atoms with Crippen molar-refractivity contribution in [3.8, 4) is 0 Å². The van der Waals surface area contributed by atoms with Crippen molar-refractivity contribution in [3.05, 3.63) is 41.9 Å². The molecule has 23 heavy (non-hydrogen) atoms. The maximum atomic E-state index is 5.48. The summed E-state index contributed by atoms with van der Waals surface area (Å²) in [6.45, 7) is 7.60. The Hall–Kier alpha value is -2.63. The minimum Gasteiger partial charge on any atom is -0.354 e. The highest BCUT2D eigenvalue weighted by Gasteiger charge is 2.22. The highest BCUT2D eigenvalue weighted by molar-refractivity contribution is 5.89. The Labute approximate surface area is 134 Å². The lowest BCUT2D eigenvalue weighted by Gasteiger charge is -2.35. The zero-order valence-corrected chi connectivity index (χ0v) is 13.4. The normalized spacial score (nSPS) is 15.4. The second kappa shape index (κ2) is 5.53. The van der Waals surface area contributed by atoms with Gasteiger partial charge in [0.1, 0.15) is 5.82 Å². The molecule has 0 radical (unpaired) electrons. The number of hydrogen-bond acceptors (Lipinski definition) is 6. The van der Waals surface area contributed by atoms with Crippen LogP contribution in [0.4, 0.5) is 11.6 Å². The molecule has 0 bridgehead atoms. The lowest BCUT2D eigenvalue weighted by molar-refractivity contribution is 0.452. The fraction of sp³-hybridized carbons (Fsp3) is 0.353. The first-order chi connectivity index (χ1) is 11.2. The van der Waals surface area contributed by atoms with Gasteiger partial charge >= 0.3 is 0 Å². The van der Waals surface area contributed by atoms with E-state index in [-0.39, 0.29) is 0 Å². The van der Waals surface area contributed by atoms with Gasteiger partial charge in [-0.05, 0) is 31.5 Å². The molecule has 0 N–H and O–H groups in total. The van der Waals surface area contributed by atoms with Crippen molar-refractivity contribution in [1.82, 2.24) is 15.1 Å². The fourth-order valence-corrected chi connectivity index (χ4v) is 2.96. The number of benzene rings is 1. The second-order valence-corrected chi connectivity index (χ2v) is 6.00. The first-order valence-electron chi connectivity index (χ1n) is 7.85. The van der Waals surface area contributed by atoms with Gasteiger partial charge in [0, 0.05) is 26.2 Å². The van der Waals surface area contributed by atoms with Crippen LogP contribution >= 0.6 is 0 Å². The van der Waals surface area contributed by atoms with Gasteiger partial charge in [-0.1, -0.05) is 11.2 Å². The van der Waals surface area contributed by atoms with E-state index in [4.69, 9.17) is 4.52 Å². The summed E-state index contributed by atoms with van der Waals surface area (Å²) in [6.07, 6.45) is 3.66. The van der Waals surface area contributed by atoms with Crippen LogP contribution < -0.4 is 9.80 Å². The topological polar surface area (TPSA) is 58.3 Å². The molecule has 0 amide bonds. The first-order valence-corrected chi connectivity index (χ1v) is 7.85. The van der Waals surface area contributed by atoms with E-state index in [1.54, 1.807) is 0 Å². The lowest BCUT2D eigenvalue weighted by atomic mass is 10.2. The minimum absolute atomic E-state index is 0.854. The standard InChI is InChI=1S/C17H19N5O/c1-12-3-4-14-15(9-12)23-20-17(14)22-7-5-21(6-8-22)16-11-18-13(2)10-19-16/h3-4,9-11H,5-8H2,1-2H3. The molecule has 118 valence electrons. The number of aromatic nitrogens is 3. The van der Waals surface area contributed by atoms with E-state index in [1.165, 1.54) is 5.56 Å². The third-order valence-electron chi connectivity index (χ3n) is 4.28. The maximum absolute atomic E-state index is 5.48. The first kappa shape index (κ1) is 14.0. The van der Waals surface area contributed by atoms with Gasteiger partial charge < -0.3 is 14.3 Å². The molecule has 1 fully saturated rings. The molecule has 0 unspecified atom stereocenters. The van der Waals surface area contributed by atoms with Crippen molar-refractivity contribution < 1.29 is 4.52 Å². The Morgan fingerprint density at radius 3 is 2.48 bits per heavy atom. The van der Waals surface area contributed by atoms with E-state index in [2.05, 4.69) is 44.0 Å². The third kappa shape index (κ3) is 2.60. The van der Waals surface area contributed by atoms with Gasteiger partial charge in [0.15, 0.2) is 11.4 Å². The van der Waals surface area contributed by atoms with Gasteiger partial charge in [-0.15, -0.1) is 0 Å². The minimum atomic E-state index is 0.854. The zero-order chi connectivity index (χ0) is 15.8. The summed E-state index contributed by atoms with van der Waals surface area (Å²) < 4.78 is 5.48. The van der Waals surface area contributed by atoms with Crippen molar-refractivity contribution in [1.29, 1.82) is 0 Å². The molecule has 1 aliphatic heterocycles. The Morgan fingerprint density at radius 1 is 0.957 bits per heavy atom. The van der Waals surface area contributed by atoms with Gasteiger partial charge in [-0.2, -0.15) is 0 Å². The summed E-state index contributed by atoms with van der Waals surface area (Å²) in [5.74, 6) is 1.88. The molecule has 2 aromatic heterocycles. The van der Waals surface area contributed by atoms with Crippen molar-refractivity contribution in [2.75, 3.05) is 36.0 Å². The summed E-state index contributed by atoms with van der Waals surface area (Å²) in [6, 6.07) is 6.22. The SMILES string of the molecule is Cc1ccc2c(N3CCN(c4cnc(C)cn4)CC3)noc2c1. The van der Waals surface area contributed by atoms with Crippen LogP contribution in [0.2, 0.25) is 0 Å². The van der Waals surface area contributed by atoms with Crippen molar-refractivity contribution in [2.45, 2.75) is 13.8 Å². The molecule has 6 heteroatoms. The molecule has 0 spiro atoms. The number of aryl methyl sites for hydroxylation is 2. The summed E-state index contributed by atoms with van der Waals surface area (Å²) >= 11 is 0. The van der Waals surface area contributed by atoms with E-state index in [1.807, 2.05) is 25.4 Å². The third-order valence-corrected chi connectivity index (χ3v) is 4.28. The Bertz CT molecular complexity index is 819. The Morgan fingerprint density at radius 2 is 1.74 bits per heavy atom. The van der Waals surface area contributed by atoms with Gasteiger partial charge in [0.05, 0.1) is 23.5 Å². The average molecular weight is 309 g/mol. The molecule has 0 atom stereocenters. The van der Waals surface area contributed by atoms with E-state index in [9.17, 15) is 0 Å². The van der Waals surface area contributed by atoms with Gasteiger partial charge in [-0.25, -0.2) is 4.98 Å². The van der Waals surface area contributed by atoms with E-state index in [0.29, 0.717) is 0 Å². The molecule has 0 aliphatic carbocycles. The van der Waals surface area contributed by atoms with Crippen LogP contribution in [0, 0.1) is 13.8 Å². The van der Waals surface area contributed by atoms with Crippen LogP contribution in [0.3, 0.4) is 0 Å². The summed E-state index contributed by atoms with van der Waals surface area (Å²) in [4.78, 5) is 13.3. The number of piperazine rings is 1. The monoisotopic (exact) mass is 309 g/mol. The van der Waals surface area contributed by atoms with Crippen LogP contribution in [0.25, 0.3) is 11.0 Å². The molecule has 0 saturated carbocycles.